The SMILES string of the molecule is CC(=O)OCO.CN. The molecule has 8 heavy (non-hydrogen) atoms. The van der Waals surface area contributed by atoms with Gasteiger partial charge in [0.2, 0.25) is 0 Å². The zero-order valence-electron chi connectivity index (χ0n) is 5.05. The van der Waals surface area contributed by atoms with Crippen LogP contribution in [0.1, 0.15) is 6.92 Å². The van der Waals surface area contributed by atoms with Crippen LogP contribution in [0.15, 0.2) is 0 Å². The predicted molar refractivity (Wildman–Crippen MR) is 29.0 cm³/mol. The largest absolute Gasteiger partial charge is 0.439 e. The number of aliphatic hydroxyl groups excluding tert-OH is 1. The molecule has 4 nitrogen and oxygen atoms in total. The van der Waals surface area contributed by atoms with Gasteiger partial charge in [-0.15, -0.1) is 0 Å². The van der Waals surface area contributed by atoms with E-state index in [9.17, 15) is 4.79 Å². The first-order valence-electron chi connectivity index (χ1n) is 2.09. The highest BCUT2D eigenvalue weighted by atomic mass is 16.6. The van der Waals surface area contributed by atoms with Crippen LogP contribution in [0.3, 0.4) is 0 Å². The van der Waals surface area contributed by atoms with Crippen molar-refractivity contribution in [1.82, 2.24) is 0 Å². The Hall–Kier alpha value is -0.610. The van der Waals surface area contributed by atoms with Crippen molar-refractivity contribution >= 4 is 5.97 Å². The van der Waals surface area contributed by atoms with E-state index in [4.69, 9.17) is 5.11 Å². The summed E-state index contributed by atoms with van der Waals surface area (Å²) in [4.78, 5) is 9.66. The van der Waals surface area contributed by atoms with Gasteiger partial charge in [-0.3, -0.25) is 4.79 Å². The second kappa shape index (κ2) is 9.63. The minimum absolute atomic E-state index is 0.461. The summed E-state index contributed by atoms with van der Waals surface area (Å²) in [6, 6.07) is 0. The molecule has 0 saturated carbocycles. The van der Waals surface area contributed by atoms with Crippen LogP contribution in [0.4, 0.5) is 0 Å². The lowest BCUT2D eigenvalue weighted by Gasteiger charge is -1.88. The number of carbonyl (C=O) groups excluding carboxylic acids is 1. The van der Waals surface area contributed by atoms with Gasteiger partial charge in [-0.25, -0.2) is 0 Å². The second-order valence-electron chi connectivity index (χ2n) is 0.765. The third kappa shape index (κ3) is 18.2. The molecular weight excluding hydrogens is 110 g/mol. The van der Waals surface area contributed by atoms with Crippen molar-refractivity contribution in [3.8, 4) is 0 Å². The minimum Gasteiger partial charge on any atom is -0.439 e. The van der Waals surface area contributed by atoms with E-state index in [0.29, 0.717) is 0 Å². The Bertz CT molecular complexity index is 55.2. The molecular formula is C4H11NO3. The topological polar surface area (TPSA) is 72.5 Å². The van der Waals surface area contributed by atoms with Crippen LogP contribution < -0.4 is 5.73 Å². The number of carbonyl (C=O) groups is 1. The van der Waals surface area contributed by atoms with Crippen molar-refractivity contribution in [2.75, 3.05) is 13.8 Å². The van der Waals surface area contributed by atoms with E-state index in [-0.39, 0.29) is 0 Å². The number of nitrogens with two attached hydrogens (primary N) is 1. The molecule has 0 aliphatic rings. The van der Waals surface area contributed by atoms with Gasteiger partial charge in [-0.05, 0) is 7.05 Å². The van der Waals surface area contributed by atoms with Gasteiger partial charge < -0.3 is 15.6 Å². The quantitative estimate of drug-likeness (QED) is 0.347. The molecule has 0 spiro atoms. The van der Waals surface area contributed by atoms with Crippen LogP contribution >= 0.6 is 0 Å². The van der Waals surface area contributed by atoms with E-state index < -0.39 is 12.8 Å². The molecule has 0 aromatic rings. The van der Waals surface area contributed by atoms with Crippen molar-refractivity contribution in [3.63, 3.8) is 0 Å². The first-order valence-corrected chi connectivity index (χ1v) is 2.09. The maximum Gasteiger partial charge on any atom is 0.304 e. The van der Waals surface area contributed by atoms with Crippen LogP contribution in [0.25, 0.3) is 0 Å². The highest BCUT2D eigenvalue weighted by Gasteiger charge is 1.82. The summed E-state index contributed by atoms with van der Waals surface area (Å²) < 4.78 is 3.96. The van der Waals surface area contributed by atoms with E-state index in [0.717, 1.165) is 0 Å². The van der Waals surface area contributed by atoms with Gasteiger partial charge in [0.15, 0.2) is 6.79 Å². The van der Waals surface area contributed by atoms with Crippen molar-refractivity contribution in [1.29, 1.82) is 0 Å². The highest BCUT2D eigenvalue weighted by Crippen LogP contribution is 1.67. The zero-order chi connectivity index (χ0) is 6.99. The summed E-state index contributed by atoms with van der Waals surface area (Å²) in [6.07, 6.45) is 0. The molecule has 0 rings (SSSR count). The van der Waals surface area contributed by atoms with Crippen LogP contribution in [0, 0.1) is 0 Å². The standard InChI is InChI=1S/C3H6O3.CH5N/c1-3(5)6-2-4;1-2/h4H,2H2,1H3;2H2,1H3. The lowest BCUT2D eigenvalue weighted by Crippen LogP contribution is -1.97. The number of aliphatic hydroxyl groups is 1. The number of rotatable bonds is 1. The molecule has 0 saturated heterocycles. The molecule has 0 aliphatic heterocycles. The Labute approximate surface area is 48.2 Å². The normalized spacial score (nSPS) is 6.50. The molecule has 0 radical (unpaired) electrons. The average Bonchev–Trinajstić information content (AvgIpc) is 1.72. The number of ether oxygens (including phenoxy) is 1. The van der Waals surface area contributed by atoms with Gasteiger partial charge in [0.25, 0.3) is 0 Å². The summed E-state index contributed by atoms with van der Waals surface area (Å²) in [7, 11) is 1.50. The van der Waals surface area contributed by atoms with Crippen molar-refractivity contribution in [3.05, 3.63) is 0 Å². The van der Waals surface area contributed by atoms with E-state index in [1.165, 1.54) is 14.0 Å². The van der Waals surface area contributed by atoms with Crippen molar-refractivity contribution < 1.29 is 14.6 Å². The monoisotopic (exact) mass is 121 g/mol. The van der Waals surface area contributed by atoms with Gasteiger partial charge in [0.05, 0.1) is 0 Å². The summed E-state index contributed by atoms with van der Waals surface area (Å²) in [5.41, 5.74) is 4.50. The van der Waals surface area contributed by atoms with E-state index >= 15 is 0 Å². The minimum atomic E-state index is -0.519. The first kappa shape index (κ1) is 10.4. The summed E-state index contributed by atoms with van der Waals surface area (Å²) in [6.45, 7) is 0.714. The molecule has 3 N–H and O–H groups in total. The molecule has 0 amide bonds. The number of hydrogen-bond donors (Lipinski definition) is 2. The number of hydrogen-bond acceptors (Lipinski definition) is 4. The van der Waals surface area contributed by atoms with Crippen molar-refractivity contribution in [2.24, 2.45) is 5.73 Å². The molecule has 0 aromatic carbocycles. The molecule has 0 aromatic heterocycles. The lowest BCUT2D eigenvalue weighted by atomic mass is 10.8. The van der Waals surface area contributed by atoms with Crippen LogP contribution in [-0.2, 0) is 9.53 Å². The molecule has 0 bridgehead atoms. The molecule has 0 unspecified atom stereocenters. The Morgan fingerprint density at radius 1 is 1.75 bits per heavy atom. The molecule has 0 heterocycles. The fraction of sp³-hybridized carbons (Fsp3) is 0.750. The van der Waals surface area contributed by atoms with E-state index in [2.05, 4.69) is 10.5 Å². The first-order chi connectivity index (χ1) is 3.77. The van der Waals surface area contributed by atoms with Gasteiger partial charge >= 0.3 is 5.97 Å². The molecule has 4 heteroatoms. The van der Waals surface area contributed by atoms with Crippen LogP contribution in [0.5, 0.6) is 0 Å². The van der Waals surface area contributed by atoms with Gasteiger partial charge in [0, 0.05) is 6.92 Å². The summed E-state index contributed by atoms with van der Waals surface area (Å²) >= 11 is 0. The van der Waals surface area contributed by atoms with Crippen LogP contribution in [-0.4, -0.2) is 24.9 Å². The smallest absolute Gasteiger partial charge is 0.304 e. The third-order valence-electron chi connectivity index (χ3n) is 0.268. The Kier molecular flexibility index (Phi) is 12.5. The van der Waals surface area contributed by atoms with Gasteiger partial charge in [0.1, 0.15) is 0 Å². The zero-order valence-corrected chi connectivity index (χ0v) is 5.05. The molecule has 0 aliphatic carbocycles. The van der Waals surface area contributed by atoms with E-state index in [1.807, 2.05) is 0 Å². The lowest BCUT2D eigenvalue weighted by molar-refractivity contribution is -0.148. The summed E-state index contributed by atoms with van der Waals surface area (Å²) in [5, 5.41) is 7.79. The molecule has 50 valence electrons. The average molecular weight is 121 g/mol. The van der Waals surface area contributed by atoms with Crippen molar-refractivity contribution in [2.45, 2.75) is 6.92 Å². The predicted octanol–water partition coefficient (Wildman–Crippen LogP) is -0.926. The second-order valence-corrected chi connectivity index (χ2v) is 0.765. The van der Waals surface area contributed by atoms with Crippen LogP contribution in [0.2, 0.25) is 0 Å². The Morgan fingerprint density at radius 2 is 2.12 bits per heavy atom. The third-order valence-corrected chi connectivity index (χ3v) is 0.268. The molecule has 0 atom stereocenters. The van der Waals surface area contributed by atoms with Gasteiger partial charge in [-0.1, -0.05) is 0 Å². The highest BCUT2D eigenvalue weighted by molar-refractivity contribution is 5.65. The maximum atomic E-state index is 9.66. The van der Waals surface area contributed by atoms with E-state index in [1.54, 1.807) is 0 Å². The fourth-order valence-electron chi connectivity index (χ4n) is 0.0909. The molecule has 0 fully saturated rings. The Morgan fingerprint density at radius 3 is 2.12 bits per heavy atom. The summed E-state index contributed by atoms with van der Waals surface area (Å²) in [5.74, 6) is -0.461. The maximum absolute atomic E-state index is 9.66. The van der Waals surface area contributed by atoms with Gasteiger partial charge in [-0.2, -0.15) is 0 Å². The number of esters is 1. The fourth-order valence-corrected chi connectivity index (χ4v) is 0.0909. The Balaban J connectivity index is 0.